The van der Waals surface area contributed by atoms with Gasteiger partial charge in [0.25, 0.3) is 0 Å². The van der Waals surface area contributed by atoms with Crippen LogP contribution >= 0.6 is 23.1 Å². The Morgan fingerprint density at radius 3 is 2.75 bits per heavy atom. The summed E-state index contributed by atoms with van der Waals surface area (Å²) in [5, 5.41) is 2.23. The van der Waals surface area contributed by atoms with E-state index in [1.54, 1.807) is 35.2 Å². The molecule has 2 heterocycles. The van der Waals surface area contributed by atoms with Crippen LogP contribution in [0, 0.1) is 12.7 Å². The van der Waals surface area contributed by atoms with E-state index in [4.69, 9.17) is 4.99 Å². The highest BCUT2D eigenvalue weighted by Gasteiger charge is 2.22. The number of fused-ring (bicyclic) bond motifs is 1. The number of Topliss-reactive ketones (excluding diaryl/α,β-unsaturated/α-hetero) is 1. The lowest BCUT2D eigenvalue weighted by Crippen LogP contribution is -2.42. The second kappa shape index (κ2) is 7.07. The van der Waals surface area contributed by atoms with Crippen LogP contribution in [0.4, 0.5) is 4.39 Å². The molecule has 3 rings (SSSR count). The monoisotopic (exact) mass is 362 g/mol. The smallest absolute Gasteiger partial charge is 0.173 e. The average molecular weight is 362 g/mol. The van der Waals surface area contributed by atoms with Crippen molar-refractivity contribution in [3.63, 3.8) is 0 Å². The second-order valence-electron chi connectivity index (χ2n) is 5.65. The highest BCUT2D eigenvalue weighted by Crippen LogP contribution is 2.26. The number of thiophene rings is 1. The van der Waals surface area contributed by atoms with Crippen LogP contribution in [0.25, 0.3) is 5.03 Å². The Kier molecular flexibility index (Phi) is 5.06. The average Bonchev–Trinajstić information content (AvgIpc) is 2.92. The number of halogens is 1. The number of carbonyl (C=O) groups is 1. The van der Waals surface area contributed by atoms with Gasteiger partial charge in [0.2, 0.25) is 0 Å². The van der Waals surface area contributed by atoms with Gasteiger partial charge in [-0.3, -0.25) is 4.79 Å². The molecule has 0 radical (unpaired) electrons. The molecule has 126 valence electrons. The summed E-state index contributed by atoms with van der Waals surface area (Å²) in [6, 6.07) is 7.87. The molecule has 1 unspecified atom stereocenters. The van der Waals surface area contributed by atoms with Crippen molar-refractivity contribution in [3.8, 4) is 0 Å². The van der Waals surface area contributed by atoms with E-state index in [2.05, 4.69) is 31.7 Å². The summed E-state index contributed by atoms with van der Waals surface area (Å²) in [6.07, 6.45) is 0.0731. The molecule has 1 aromatic heterocycles. The van der Waals surface area contributed by atoms with Gasteiger partial charge in [0, 0.05) is 22.2 Å². The van der Waals surface area contributed by atoms with E-state index in [9.17, 15) is 9.18 Å². The van der Waals surface area contributed by atoms with Crippen LogP contribution in [0.15, 0.2) is 35.3 Å². The van der Waals surface area contributed by atoms with Crippen molar-refractivity contribution in [2.45, 2.75) is 26.9 Å². The zero-order valence-corrected chi connectivity index (χ0v) is 15.5. The number of carbonyl (C=O) groups excluding carboxylic acids is 1. The van der Waals surface area contributed by atoms with Crippen molar-refractivity contribution in [1.82, 2.24) is 4.90 Å². The van der Waals surface area contributed by atoms with Gasteiger partial charge in [-0.15, -0.1) is 11.3 Å². The molecular weight excluding hydrogens is 343 g/mol. The Morgan fingerprint density at radius 1 is 1.38 bits per heavy atom. The lowest BCUT2D eigenvalue weighted by Gasteiger charge is -2.31. The van der Waals surface area contributed by atoms with Gasteiger partial charge in [-0.2, -0.15) is 0 Å². The first-order valence-corrected chi connectivity index (χ1v) is 9.66. The fraction of sp³-hybridized carbons (Fsp3) is 0.333. The van der Waals surface area contributed by atoms with Crippen molar-refractivity contribution in [1.29, 1.82) is 0 Å². The largest absolute Gasteiger partial charge is 0.344 e. The number of nitrogens with zero attached hydrogens (tertiary/aromatic N) is 2. The summed E-state index contributed by atoms with van der Waals surface area (Å²) in [7, 11) is 0. The molecule has 1 aromatic carbocycles. The Balaban J connectivity index is 1.88. The maximum Gasteiger partial charge on any atom is 0.173 e. The molecule has 2 aromatic rings. The number of benzene rings is 1. The van der Waals surface area contributed by atoms with E-state index in [-0.39, 0.29) is 17.8 Å². The van der Waals surface area contributed by atoms with E-state index >= 15 is 0 Å². The summed E-state index contributed by atoms with van der Waals surface area (Å²) in [4.78, 5) is 20.6. The molecule has 0 fully saturated rings. The van der Waals surface area contributed by atoms with Crippen LogP contribution in [0.3, 0.4) is 0 Å². The van der Waals surface area contributed by atoms with Crippen LogP contribution < -0.4 is 9.89 Å². The SMILES string of the molecule is CCN1C(SCC(=O)c2ccc(F)cc2)=c2cc(C)sc2=NC1C. The highest BCUT2D eigenvalue weighted by molar-refractivity contribution is 8.08. The fourth-order valence-corrected chi connectivity index (χ4v) is 4.95. The molecule has 0 saturated carbocycles. The first-order valence-electron chi connectivity index (χ1n) is 7.86. The van der Waals surface area contributed by atoms with Gasteiger partial charge in [0.1, 0.15) is 16.7 Å². The van der Waals surface area contributed by atoms with Crippen molar-refractivity contribution >= 4 is 33.9 Å². The van der Waals surface area contributed by atoms with Crippen molar-refractivity contribution in [2.24, 2.45) is 4.99 Å². The Labute approximate surface area is 148 Å². The van der Waals surface area contributed by atoms with Gasteiger partial charge in [0.05, 0.1) is 10.8 Å². The first-order chi connectivity index (χ1) is 11.5. The molecule has 0 N–H and O–H groups in total. The van der Waals surface area contributed by atoms with Crippen molar-refractivity contribution in [3.05, 3.63) is 56.5 Å². The fourth-order valence-electron chi connectivity index (χ4n) is 2.74. The minimum atomic E-state index is -0.327. The van der Waals surface area contributed by atoms with Crippen molar-refractivity contribution < 1.29 is 9.18 Å². The number of hydrogen-bond acceptors (Lipinski definition) is 5. The van der Waals surface area contributed by atoms with Gasteiger partial charge >= 0.3 is 0 Å². The van der Waals surface area contributed by atoms with Gasteiger partial charge < -0.3 is 4.90 Å². The van der Waals surface area contributed by atoms with Gasteiger partial charge in [0.15, 0.2) is 5.78 Å². The zero-order chi connectivity index (χ0) is 17.3. The Bertz CT molecular complexity index is 873. The normalized spacial score (nSPS) is 16.8. The van der Waals surface area contributed by atoms with Crippen LogP contribution in [-0.2, 0) is 0 Å². The quantitative estimate of drug-likeness (QED) is 0.766. The topological polar surface area (TPSA) is 32.7 Å². The van der Waals surface area contributed by atoms with Gasteiger partial charge in [-0.1, -0.05) is 11.8 Å². The third-order valence-corrected chi connectivity index (χ3v) is 6.02. The summed E-state index contributed by atoms with van der Waals surface area (Å²) in [6.45, 7) is 7.08. The molecule has 0 aliphatic carbocycles. The molecule has 1 aliphatic rings. The number of rotatable bonds is 5. The number of ketones is 1. The maximum absolute atomic E-state index is 13.0. The summed E-state index contributed by atoms with van der Waals surface area (Å²) < 4.78 is 14.0. The maximum atomic E-state index is 13.0. The van der Waals surface area contributed by atoms with Gasteiger partial charge in [-0.05, 0) is 51.1 Å². The molecule has 0 bridgehead atoms. The zero-order valence-electron chi connectivity index (χ0n) is 13.9. The van der Waals surface area contributed by atoms with E-state index in [1.165, 1.54) is 17.0 Å². The third-order valence-electron chi connectivity index (χ3n) is 3.93. The number of thioether (sulfide) groups is 1. The van der Waals surface area contributed by atoms with Crippen molar-refractivity contribution in [2.75, 3.05) is 12.3 Å². The molecule has 1 aliphatic heterocycles. The molecular formula is C18H19FN2OS2. The lowest BCUT2D eigenvalue weighted by molar-refractivity contribution is 0.102. The summed E-state index contributed by atoms with van der Waals surface area (Å²) in [5.41, 5.74) is 0.544. The molecule has 0 saturated heterocycles. The molecule has 24 heavy (non-hydrogen) atoms. The highest BCUT2D eigenvalue weighted by atomic mass is 32.2. The standard InChI is InChI=1S/C18H19FN2OS2/c1-4-21-12(3)20-17-15(9-11(2)24-17)18(21)23-10-16(22)13-5-7-14(19)8-6-13/h5-9,12H,4,10H2,1-3H3. The number of aryl methyl sites for hydroxylation is 1. The molecule has 0 spiro atoms. The predicted molar refractivity (Wildman–Crippen MR) is 98.3 cm³/mol. The Morgan fingerprint density at radius 2 is 2.08 bits per heavy atom. The summed E-state index contributed by atoms with van der Waals surface area (Å²) in [5.74, 6) is 0.0116. The minimum Gasteiger partial charge on any atom is -0.344 e. The van der Waals surface area contributed by atoms with E-state index in [0.717, 1.165) is 21.5 Å². The molecule has 1 atom stereocenters. The van der Waals surface area contributed by atoms with E-state index < -0.39 is 0 Å². The Hall–Kier alpha value is -1.66. The molecule has 0 amide bonds. The molecule has 3 nitrogen and oxygen atoms in total. The van der Waals surface area contributed by atoms with E-state index in [0.29, 0.717) is 11.3 Å². The van der Waals surface area contributed by atoms with Crippen LogP contribution in [0.1, 0.15) is 29.1 Å². The lowest BCUT2D eigenvalue weighted by atomic mass is 10.1. The van der Waals surface area contributed by atoms with Crippen LogP contribution in [-0.4, -0.2) is 29.1 Å². The van der Waals surface area contributed by atoms with E-state index in [1.807, 2.05) is 0 Å². The predicted octanol–water partition coefficient (Wildman–Crippen LogP) is 3.18. The van der Waals surface area contributed by atoms with Gasteiger partial charge in [-0.25, -0.2) is 9.38 Å². The van der Waals surface area contributed by atoms with Crippen LogP contribution in [0.2, 0.25) is 0 Å². The second-order valence-corrected chi connectivity index (χ2v) is 7.85. The third kappa shape index (κ3) is 3.39. The molecule has 6 heteroatoms. The summed E-state index contributed by atoms with van der Waals surface area (Å²) >= 11 is 3.23. The minimum absolute atomic E-state index is 0.00669. The first kappa shape index (κ1) is 17.2. The van der Waals surface area contributed by atoms with Crippen LogP contribution in [0.5, 0.6) is 0 Å². The number of hydrogen-bond donors (Lipinski definition) is 0.